The van der Waals surface area contributed by atoms with Crippen LogP contribution in [0.2, 0.25) is 0 Å². The summed E-state index contributed by atoms with van der Waals surface area (Å²) in [5.41, 5.74) is 4.18. The molecule has 1 aromatic carbocycles. The van der Waals surface area contributed by atoms with E-state index < -0.39 is 12.1 Å². The van der Waals surface area contributed by atoms with Crippen LogP contribution in [0.25, 0.3) is 10.9 Å². The van der Waals surface area contributed by atoms with Crippen LogP contribution in [0.15, 0.2) is 36.5 Å². The van der Waals surface area contributed by atoms with Gasteiger partial charge in [0.15, 0.2) is 5.78 Å². The van der Waals surface area contributed by atoms with Crippen molar-refractivity contribution in [2.45, 2.75) is 39.3 Å². The summed E-state index contributed by atoms with van der Waals surface area (Å²) in [6, 6.07) is 8.46. The smallest absolute Gasteiger partial charge is 0.325 e. The molecule has 4 rings (SSSR count). The number of hydrogen-bond donors (Lipinski definition) is 2. The maximum absolute atomic E-state index is 13.0. The van der Waals surface area contributed by atoms with Crippen molar-refractivity contribution in [1.29, 1.82) is 0 Å². The average molecular weight is 437 g/mol. The van der Waals surface area contributed by atoms with E-state index in [9.17, 15) is 14.4 Å². The summed E-state index contributed by atoms with van der Waals surface area (Å²) in [6.07, 6.45) is 2.22. The number of para-hydroxylation sites is 1. The van der Waals surface area contributed by atoms with Crippen LogP contribution in [0.3, 0.4) is 0 Å². The van der Waals surface area contributed by atoms with E-state index in [1.165, 1.54) is 0 Å². The summed E-state index contributed by atoms with van der Waals surface area (Å²) in [4.78, 5) is 42.7. The van der Waals surface area contributed by atoms with Crippen LogP contribution in [0.5, 0.6) is 0 Å². The number of nitrogens with zero attached hydrogens (tertiary/aromatic N) is 2. The third kappa shape index (κ3) is 3.82. The van der Waals surface area contributed by atoms with Gasteiger partial charge in [0.25, 0.3) is 5.91 Å². The first-order chi connectivity index (χ1) is 15.3. The molecule has 2 N–H and O–H groups in total. The molecule has 1 aliphatic rings. The van der Waals surface area contributed by atoms with Crippen molar-refractivity contribution < 1.29 is 19.1 Å². The highest BCUT2D eigenvalue weighted by molar-refractivity contribution is 6.09. The van der Waals surface area contributed by atoms with Gasteiger partial charge in [0.05, 0.1) is 19.2 Å². The zero-order valence-electron chi connectivity index (χ0n) is 18.8. The number of amides is 3. The summed E-state index contributed by atoms with van der Waals surface area (Å²) in [6.45, 7) is 6.06. The monoisotopic (exact) mass is 436 g/mol. The van der Waals surface area contributed by atoms with E-state index in [0.29, 0.717) is 18.6 Å². The van der Waals surface area contributed by atoms with Gasteiger partial charge in [0.1, 0.15) is 6.04 Å². The van der Waals surface area contributed by atoms with E-state index in [1.54, 1.807) is 7.11 Å². The van der Waals surface area contributed by atoms with Crippen molar-refractivity contribution in [1.82, 2.24) is 19.8 Å². The van der Waals surface area contributed by atoms with Gasteiger partial charge in [0.2, 0.25) is 0 Å². The van der Waals surface area contributed by atoms with E-state index in [2.05, 4.69) is 10.3 Å². The molecule has 2 aromatic heterocycles. The maximum atomic E-state index is 13.0. The molecule has 8 nitrogen and oxygen atoms in total. The number of aryl methyl sites for hydroxylation is 1. The summed E-state index contributed by atoms with van der Waals surface area (Å²) in [5.74, 6) is -0.639. The lowest BCUT2D eigenvalue weighted by molar-refractivity contribution is -0.127. The number of rotatable bonds is 8. The Morgan fingerprint density at radius 2 is 1.97 bits per heavy atom. The molecular weight excluding hydrogens is 408 g/mol. The number of nitrogens with one attached hydrogen (secondary N) is 2. The van der Waals surface area contributed by atoms with Crippen LogP contribution in [0.1, 0.15) is 40.3 Å². The first-order valence-electron chi connectivity index (χ1n) is 10.7. The van der Waals surface area contributed by atoms with Gasteiger partial charge in [-0.3, -0.25) is 14.5 Å². The van der Waals surface area contributed by atoms with Crippen LogP contribution in [-0.2, 0) is 16.0 Å². The Kier molecular flexibility index (Phi) is 5.88. The van der Waals surface area contributed by atoms with Crippen molar-refractivity contribution in [2.75, 3.05) is 20.3 Å². The molecule has 0 spiro atoms. The van der Waals surface area contributed by atoms with Crippen LogP contribution >= 0.6 is 0 Å². The standard InChI is InChI=1S/C24H28N4O4/c1-14-9-19(16(3)28(14)15(2)13-32-4)22(29)12-27-23(30)21(26-24(27)31)10-17-11-25-20-8-6-5-7-18(17)20/h5-9,11,15,21,25H,10,12-13H2,1-4H3,(H,26,31)/t15-,21-/m1/s1. The molecule has 32 heavy (non-hydrogen) atoms. The van der Waals surface area contributed by atoms with Crippen molar-refractivity contribution in [3.05, 3.63) is 59.0 Å². The minimum absolute atomic E-state index is 0.0684. The number of hydrogen-bond acceptors (Lipinski definition) is 4. The average Bonchev–Trinajstić information content (AvgIpc) is 3.38. The number of Topliss-reactive ketones (excluding diaryl/α,β-unsaturated/α-hetero) is 1. The molecule has 3 aromatic rings. The number of H-pyrrole nitrogens is 1. The van der Waals surface area contributed by atoms with E-state index in [0.717, 1.165) is 32.8 Å². The fourth-order valence-corrected chi connectivity index (χ4v) is 4.67. The molecular formula is C24H28N4O4. The zero-order valence-corrected chi connectivity index (χ0v) is 18.8. The van der Waals surface area contributed by atoms with Crippen molar-refractivity contribution in [3.63, 3.8) is 0 Å². The molecule has 1 aliphatic heterocycles. The van der Waals surface area contributed by atoms with Crippen LogP contribution < -0.4 is 5.32 Å². The first-order valence-corrected chi connectivity index (χ1v) is 10.7. The first kappa shape index (κ1) is 21.8. The van der Waals surface area contributed by atoms with Gasteiger partial charge in [-0.1, -0.05) is 18.2 Å². The molecule has 0 saturated carbocycles. The third-order valence-electron chi connectivity index (χ3n) is 6.14. The molecule has 1 saturated heterocycles. The highest BCUT2D eigenvalue weighted by Gasteiger charge is 2.39. The predicted octanol–water partition coefficient (Wildman–Crippen LogP) is 3.14. The number of ether oxygens (including phenoxy) is 1. The number of ketones is 1. The fraction of sp³-hybridized carbons (Fsp3) is 0.375. The highest BCUT2D eigenvalue weighted by atomic mass is 16.5. The topological polar surface area (TPSA) is 96.4 Å². The van der Waals surface area contributed by atoms with Crippen LogP contribution in [0, 0.1) is 13.8 Å². The molecule has 8 heteroatoms. The Hall–Kier alpha value is -3.39. The zero-order chi connectivity index (χ0) is 23.0. The number of methoxy groups -OCH3 is 1. The van der Waals surface area contributed by atoms with E-state index in [4.69, 9.17) is 4.74 Å². The second-order valence-corrected chi connectivity index (χ2v) is 8.37. The molecule has 1 fully saturated rings. The fourth-order valence-electron chi connectivity index (χ4n) is 4.67. The van der Waals surface area contributed by atoms with Gasteiger partial charge in [-0.25, -0.2) is 4.79 Å². The third-order valence-corrected chi connectivity index (χ3v) is 6.14. The minimum atomic E-state index is -0.691. The normalized spacial score (nSPS) is 17.2. The van der Waals surface area contributed by atoms with Gasteiger partial charge < -0.3 is 19.6 Å². The quantitative estimate of drug-likeness (QED) is 0.419. The molecule has 2 atom stereocenters. The number of aromatic amines is 1. The number of carbonyl (C=O) groups is 3. The Bertz CT molecular complexity index is 1190. The number of carbonyl (C=O) groups excluding carboxylic acids is 3. The second-order valence-electron chi connectivity index (χ2n) is 8.37. The SMILES string of the molecule is COC[C@@H](C)n1c(C)cc(C(=O)CN2C(=O)N[C@H](Cc3c[nH]c4ccccc34)C2=O)c1C. The summed E-state index contributed by atoms with van der Waals surface area (Å²) in [7, 11) is 1.64. The lowest BCUT2D eigenvalue weighted by atomic mass is 10.0. The lowest BCUT2D eigenvalue weighted by Crippen LogP contribution is -2.36. The molecule has 0 unspecified atom stereocenters. The summed E-state index contributed by atoms with van der Waals surface area (Å²) < 4.78 is 7.29. The van der Waals surface area contributed by atoms with Crippen molar-refractivity contribution in [3.8, 4) is 0 Å². The minimum Gasteiger partial charge on any atom is -0.383 e. The molecule has 0 bridgehead atoms. The van der Waals surface area contributed by atoms with Gasteiger partial charge in [-0.05, 0) is 38.5 Å². The molecule has 0 aliphatic carbocycles. The van der Waals surface area contributed by atoms with Crippen LogP contribution in [-0.4, -0.2) is 58.5 Å². The number of aromatic nitrogens is 2. The van der Waals surface area contributed by atoms with Gasteiger partial charge >= 0.3 is 6.03 Å². The van der Waals surface area contributed by atoms with E-state index in [-0.39, 0.29) is 24.3 Å². The molecule has 3 amide bonds. The Labute approximate surface area is 186 Å². The Balaban J connectivity index is 1.49. The summed E-state index contributed by atoms with van der Waals surface area (Å²) in [5, 5.41) is 3.74. The number of imide groups is 1. The number of urea groups is 1. The predicted molar refractivity (Wildman–Crippen MR) is 121 cm³/mol. The van der Waals surface area contributed by atoms with Crippen molar-refractivity contribution >= 4 is 28.6 Å². The highest BCUT2D eigenvalue weighted by Crippen LogP contribution is 2.23. The number of fused-ring (bicyclic) bond motifs is 1. The Morgan fingerprint density at radius 1 is 1.22 bits per heavy atom. The molecule has 0 radical (unpaired) electrons. The molecule has 3 heterocycles. The van der Waals surface area contributed by atoms with Gasteiger partial charge in [-0.15, -0.1) is 0 Å². The van der Waals surface area contributed by atoms with Crippen molar-refractivity contribution in [2.24, 2.45) is 0 Å². The van der Waals surface area contributed by atoms with E-state index in [1.807, 2.05) is 61.9 Å². The van der Waals surface area contributed by atoms with Crippen LogP contribution in [0.4, 0.5) is 4.79 Å². The van der Waals surface area contributed by atoms with Gasteiger partial charge in [0, 0.05) is 47.6 Å². The largest absolute Gasteiger partial charge is 0.383 e. The molecule has 168 valence electrons. The second kappa shape index (κ2) is 8.63. The van der Waals surface area contributed by atoms with Gasteiger partial charge in [-0.2, -0.15) is 0 Å². The van der Waals surface area contributed by atoms with E-state index >= 15 is 0 Å². The summed E-state index contributed by atoms with van der Waals surface area (Å²) >= 11 is 0. The maximum Gasteiger partial charge on any atom is 0.325 e. The number of benzene rings is 1. The Morgan fingerprint density at radius 3 is 2.72 bits per heavy atom. The lowest BCUT2D eigenvalue weighted by Gasteiger charge is -2.18.